The first-order chi connectivity index (χ1) is 9.37. The highest BCUT2D eigenvalue weighted by atomic mass is 32.2. The van der Waals surface area contributed by atoms with Crippen molar-refractivity contribution < 1.29 is 23.1 Å². The molecule has 1 N–H and O–H groups in total. The second-order valence-electron chi connectivity index (χ2n) is 5.48. The third-order valence-corrected chi connectivity index (χ3v) is 6.30. The summed E-state index contributed by atoms with van der Waals surface area (Å²) in [5, 5.41) is 9.24. The molecule has 3 unspecified atom stereocenters. The zero-order valence-corrected chi connectivity index (χ0v) is 12.7. The number of carboxylic acid groups (broad SMARTS) is 1. The van der Waals surface area contributed by atoms with E-state index in [1.807, 2.05) is 6.92 Å². The molecule has 0 aliphatic carbocycles. The highest BCUT2D eigenvalue weighted by molar-refractivity contribution is 7.86. The van der Waals surface area contributed by atoms with E-state index in [1.165, 1.54) is 11.4 Å². The molecule has 2 heterocycles. The first kappa shape index (κ1) is 15.7. The fraction of sp³-hybridized carbons (Fsp3) is 0.917. The van der Waals surface area contributed by atoms with Gasteiger partial charge in [-0.05, 0) is 19.8 Å². The van der Waals surface area contributed by atoms with Crippen molar-refractivity contribution in [3.05, 3.63) is 0 Å². The second-order valence-corrected chi connectivity index (χ2v) is 7.31. The third-order valence-electron chi connectivity index (χ3n) is 4.17. The minimum Gasteiger partial charge on any atom is -0.480 e. The molecule has 2 rings (SSSR count). The van der Waals surface area contributed by atoms with Gasteiger partial charge in [-0.1, -0.05) is 6.42 Å². The lowest BCUT2D eigenvalue weighted by Crippen LogP contribution is -2.52. The quantitative estimate of drug-likeness (QED) is 0.806. The number of methoxy groups -OCH3 is 1. The summed E-state index contributed by atoms with van der Waals surface area (Å²) in [4.78, 5) is 11.3. The molecule has 3 atom stereocenters. The van der Waals surface area contributed by atoms with Gasteiger partial charge in [0.1, 0.15) is 6.04 Å². The Balaban J connectivity index is 2.24. The van der Waals surface area contributed by atoms with Crippen molar-refractivity contribution in [3.63, 3.8) is 0 Å². The van der Waals surface area contributed by atoms with Gasteiger partial charge >= 0.3 is 5.97 Å². The number of nitrogens with zero attached hydrogens (tertiary/aromatic N) is 2. The predicted molar refractivity (Wildman–Crippen MR) is 72.5 cm³/mol. The van der Waals surface area contributed by atoms with E-state index in [-0.39, 0.29) is 25.1 Å². The molecule has 20 heavy (non-hydrogen) atoms. The Morgan fingerprint density at radius 2 is 2.00 bits per heavy atom. The van der Waals surface area contributed by atoms with Crippen molar-refractivity contribution in [1.82, 2.24) is 8.61 Å². The number of ether oxygens (including phenoxy) is 1. The molecule has 2 fully saturated rings. The average molecular weight is 306 g/mol. The van der Waals surface area contributed by atoms with Crippen molar-refractivity contribution in [2.24, 2.45) is 0 Å². The Bertz CT molecular complexity index is 466. The highest BCUT2D eigenvalue weighted by Gasteiger charge is 2.47. The molecule has 0 radical (unpaired) electrons. The van der Waals surface area contributed by atoms with Crippen molar-refractivity contribution in [3.8, 4) is 0 Å². The number of carbonyl (C=O) groups is 1. The summed E-state index contributed by atoms with van der Waals surface area (Å²) in [6.45, 7) is 2.44. The third kappa shape index (κ3) is 2.83. The van der Waals surface area contributed by atoms with Gasteiger partial charge in [0, 0.05) is 32.7 Å². The van der Waals surface area contributed by atoms with Crippen molar-refractivity contribution in [2.45, 2.75) is 50.8 Å². The van der Waals surface area contributed by atoms with E-state index in [9.17, 15) is 18.3 Å². The Morgan fingerprint density at radius 3 is 2.55 bits per heavy atom. The standard InChI is InChI=1S/C12H22N2O5S/c1-9-5-3-4-6-13(9)20(17,18)14-8-10(19-2)7-11(14)12(15)16/h9-11H,3-8H2,1-2H3,(H,15,16). The van der Waals surface area contributed by atoms with Gasteiger partial charge in [0.2, 0.25) is 0 Å². The van der Waals surface area contributed by atoms with Gasteiger partial charge < -0.3 is 9.84 Å². The highest BCUT2D eigenvalue weighted by Crippen LogP contribution is 2.29. The van der Waals surface area contributed by atoms with Gasteiger partial charge in [0.15, 0.2) is 0 Å². The van der Waals surface area contributed by atoms with Crippen LogP contribution in [0.1, 0.15) is 32.6 Å². The smallest absolute Gasteiger partial charge is 0.322 e. The van der Waals surface area contributed by atoms with Gasteiger partial charge in [0.05, 0.1) is 6.10 Å². The molecule has 7 nitrogen and oxygen atoms in total. The maximum absolute atomic E-state index is 12.7. The molecular weight excluding hydrogens is 284 g/mol. The predicted octanol–water partition coefficient (Wildman–Crippen LogP) is 0.280. The Hall–Kier alpha value is -0.700. The van der Waals surface area contributed by atoms with E-state index in [2.05, 4.69) is 0 Å². The molecule has 2 aliphatic rings. The lowest BCUT2D eigenvalue weighted by Gasteiger charge is -2.36. The van der Waals surface area contributed by atoms with Crippen LogP contribution in [-0.4, -0.2) is 66.5 Å². The molecular formula is C12H22N2O5S. The number of rotatable bonds is 4. The summed E-state index contributed by atoms with van der Waals surface area (Å²) in [7, 11) is -2.27. The Kier molecular flexibility index (Phi) is 4.68. The SMILES string of the molecule is COC1CC(C(=O)O)N(S(=O)(=O)N2CCCCC2C)C1. The fourth-order valence-electron chi connectivity index (χ4n) is 2.97. The van der Waals surface area contributed by atoms with Crippen LogP contribution in [0.4, 0.5) is 0 Å². The normalized spacial score (nSPS) is 33.4. The lowest BCUT2D eigenvalue weighted by atomic mass is 10.1. The number of hydrogen-bond acceptors (Lipinski definition) is 4. The van der Waals surface area contributed by atoms with Gasteiger partial charge in [-0.15, -0.1) is 0 Å². The maximum Gasteiger partial charge on any atom is 0.322 e. The van der Waals surface area contributed by atoms with E-state index < -0.39 is 22.2 Å². The van der Waals surface area contributed by atoms with Crippen LogP contribution in [0.2, 0.25) is 0 Å². The van der Waals surface area contributed by atoms with Gasteiger partial charge in [-0.2, -0.15) is 17.0 Å². The maximum atomic E-state index is 12.7. The second kappa shape index (κ2) is 5.97. The van der Waals surface area contributed by atoms with E-state index in [0.717, 1.165) is 23.6 Å². The molecule has 8 heteroatoms. The van der Waals surface area contributed by atoms with Crippen molar-refractivity contribution in [1.29, 1.82) is 0 Å². The molecule has 0 aromatic carbocycles. The molecule has 0 aromatic rings. The largest absolute Gasteiger partial charge is 0.480 e. The summed E-state index contributed by atoms with van der Waals surface area (Å²) in [6.07, 6.45) is 2.50. The van der Waals surface area contributed by atoms with E-state index in [0.29, 0.717) is 6.54 Å². The van der Waals surface area contributed by atoms with E-state index in [1.54, 1.807) is 0 Å². The minimum atomic E-state index is -3.74. The zero-order valence-electron chi connectivity index (χ0n) is 11.9. The fourth-order valence-corrected chi connectivity index (χ4v) is 5.01. The number of carboxylic acids is 1. The van der Waals surface area contributed by atoms with Crippen molar-refractivity contribution >= 4 is 16.2 Å². The van der Waals surface area contributed by atoms with Crippen molar-refractivity contribution in [2.75, 3.05) is 20.2 Å². The summed E-state index contributed by atoms with van der Waals surface area (Å²) in [5.41, 5.74) is 0. The van der Waals surface area contributed by atoms with Gasteiger partial charge in [0.25, 0.3) is 10.2 Å². The molecule has 2 aliphatic heterocycles. The van der Waals surface area contributed by atoms with Crippen LogP contribution in [0, 0.1) is 0 Å². The van der Waals surface area contributed by atoms with Crippen LogP contribution in [0.25, 0.3) is 0 Å². The summed E-state index contributed by atoms with van der Waals surface area (Å²) < 4.78 is 33.1. The number of piperidine rings is 1. The molecule has 0 saturated carbocycles. The van der Waals surface area contributed by atoms with E-state index >= 15 is 0 Å². The molecule has 116 valence electrons. The molecule has 0 spiro atoms. The number of hydrogen-bond donors (Lipinski definition) is 1. The van der Waals surface area contributed by atoms with Crippen LogP contribution >= 0.6 is 0 Å². The zero-order chi connectivity index (χ0) is 14.9. The van der Waals surface area contributed by atoms with Crippen LogP contribution in [0.3, 0.4) is 0 Å². The first-order valence-corrected chi connectivity index (χ1v) is 8.31. The monoisotopic (exact) mass is 306 g/mol. The average Bonchev–Trinajstić information content (AvgIpc) is 2.84. The topological polar surface area (TPSA) is 87.1 Å². The molecule has 0 bridgehead atoms. The lowest BCUT2D eigenvalue weighted by molar-refractivity contribution is -0.140. The first-order valence-electron chi connectivity index (χ1n) is 6.92. The molecule has 0 amide bonds. The van der Waals surface area contributed by atoms with Gasteiger partial charge in [-0.3, -0.25) is 4.79 Å². The van der Waals surface area contributed by atoms with Crippen LogP contribution in [0.5, 0.6) is 0 Å². The van der Waals surface area contributed by atoms with Crippen LogP contribution in [-0.2, 0) is 19.7 Å². The Morgan fingerprint density at radius 1 is 1.30 bits per heavy atom. The van der Waals surface area contributed by atoms with E-state index in [4.69, 9.17) is 4.74 Å². The Labute approximate surface area is 119 Å². The number of aliphatic carboxylic acids is 1. The van der Waals surface area contributed by atoms with Crippen LogP contribution in [0.15, 0.2) is 0 Å². The minimum absolute atomic E-state index is 0.0789. The summed E-state index contributed by atoms with van der Waals surface area (Å²) in [5.74, 6) is -1.11. The summed E-state index contributed by atoms with van der Waals surface area (Å²) >= 11 is 0. The van der Waals surface area contributed by atoms with Gasteiger partial charge in [-0.25, -0.2) is 0 Å². The summed E-state index contributed by atoms with van der Waals surface area (Å²) in [6, 6.07) is -1.11. The molecule has 0 aromatic heterocycles. The molecule has 2 saturated heterocycles. The van der Waals surface area contributed by atoms with Crippen LogP contribution < -0.4 is 0 Å².